The van der Waals surface area contributed by atoms with Gasteiger partial charge in [-0.3, -0.25) is 4.90 Å². The number of hydrogen-bond acceptors (Lipinski definition) is 3. The maximum absolute atomic E-state index is 13.4. The molecule has 1 saturated heterocycles. The van der Waals surface area contributed by atoms with Gasteiger partial charge in [-0.2, -0.15) is 0 Å². The van der Waals surface area contributed by atoms with Gasteiger partial charge in [0.05, 0.1) is 0 Å². The lowest BCUT2D eigenvalue weighted by atomic mass is 9.99. The summed E-state index contributed by atoms with van der Waals surface area (Å²) in [6.07, 6.45) is 1.41. The van der Waals surface area contributed by atoms with Crippen LogP contribution in [-0.4, -0.2) is 42.8 Å². The van der Waals surface area contributed by atoms with E-state index in [0.717, 1.165) is 38.2 Å². The first kappa shape index (κ1) is 14.4. The van der Waals surface area contributed by atoms with E-state index in [1.165, 1.54) is 12.1 Å². The fourth-order valence-corrected chi connectivity index (χ4v) is 2.56. The highest BCUT2D eigenvalue weighted by Crippen LogP contribution is 2.27. The van der Waals surface area contributed by atoms with E-state index in [-0.39, 0.29) is 12.6 Å². The second kappa shape index (κ2) is 6.93. The predicted molar refractivity (Wildman–Crippen MR) is 69.9 cm³/mol. The number of rotatable bonds is 5. The zero-order chi connectivity index (χ0) is 13.7. The van der Waals surface area contributed by atoms with Crippen molar-refractivity contribution in [1.82, 2.24) is 10.2 Å². The molecular formula is C14H20F2N2O. The van der Waals surface area contributed by atoms with E-state index < -0.39 is 11.6 Å². The average Bonchev–Trinajstić information content (AvgIpc) is 2.44. The molecule has 0 saturated carbocycles. The molecule has 5 heteroatoms. The second-order valence-corrected chi connectivity index (χ2v) is 4.84. The Hall–Kier alpha value is -1.04. The minimum Gasteiger partial charge on any atom is -0.396 e. The van der Waals surface area contributed by atoms with Crippen LogP contribution in [0.2, 0.25) is 0 Å². The number of halogens is 2. The molecule has 3 nitrogen and oxygen atoms in total. The van der Waals surface area contributed by atoms with Crippen molar-refractivity contribution in [2.75, 3.05) is 32.8 Å². The molecule has 0 radical (unpaired) electrons. The fourth-order valence-electron chi connectivity index (χ4n) is 2.56. The minimum absolute atomic E-state index is 0.0457. The third-order valence-electron chi connectivity index (χ3n) is 3.56. The number of aliphatic hydroxyl groups excluding tert-OH is 1. The van der Waals surface area contributed by atoms with Gasteiger partial charge in [0.15, 0.2) is 11.6 Å². The Morgan fingerprint density at radius 2 is 1.95 bits per heavy atom. The fraction of sp³-hybridized carbons (Fsp3) is 0.571. The van der Waals surface area contributed by atoms with Crippen LogP contribution in [0.3, 0.4) is 0 Å². The highest BCUT2D eigenvalue weighted by atomic mass is 19.2. The number of benzene rings is 1. The molecule has 19 heavy (non-hydrogen) atoms. The van der Waals surface area contributed by atoms with Crippen molar-refractivity contribution < 1.29 is 13.9 Å². The van der Waals surface area contributed by atoms with Crippen LogP contribution in [0.4, 0.5) is 8.78 Å². The van der Waals surface area contributed by atoms with Gasteiger partial charge < -0.3 is 10.4 Å². The Morgan fingerprint density at radius 1 is 1.21 bits per heavy atom. The first-order valence-corrected chi connectivity index (χ1v) is 6.73. The van der Waals surface area contributed by atoms with Crippen molar-refractivity contribution in [2.45, 2.75) is 18.9 Å². The molecule has 0 aromatic heterocycles. The quantitative estimate of drug-likeness (QED) is 0.854. The molecule has 2 rings (SSSR count). The molecule has 1 aliphatic rings. The Labute approximate surface area is 112 Å². The first-order chi connectivity index (χ1) is 9.22. The molecule has 0 amide bonds. The molecule has 0 unspecified atom stereocenters. The van der Waals surface area contributed by atoms with E-state index in [1.807, 2.05) is 0 Å². The molecule has 2 N–H and O–H groups in total. The summed E-state index contributed by atoms with van der Waals surface area (Å²) in [5.74, 6) is -1.62. The molecule has 1 fully saturated rings. The van der Waals surface area contributed by atoms with Crippen LogP contribution in [0, 0.1) is 11.6 Å². The van der Waals surface area contributed by atoms with Crippen LogP contribution in [0.5, 0.6) is 0 Å². The minimum atomic E-state index is -0.815. The Morgan fingerprint density at radius 3 is 2.58 bits per heavy atom. The number of hydrogen-bond donors (Lipinski definition) is 2. The van der Waals surface area contributed by atoms with Gasteiger partial charge in [-0.05, 0) is 30.5 Å². The number of aliphatic hydroxyl groups is 1. The lowest BCUT2D eigenvalue weighted by molar-refractivity contribution is 0.154. The maximum atomic E-state index is 13.4. The maximum Gasteiger partial charge on any atom is 0.159 e. The molecule has 1 aromatic carbocycles. The van der Waals surface area contributed by atoms with E-state index >= 15 is 0 Å². The van der Waals surface area contributed by atoms with Crippen molar-refractivity contribution in [3.63, 3.8) is 0 Å². The molecule has 0 aliphatic carbocycles. The van der Waals surface area contributed by atoms with Gasteiger partial charge in [-0.15, -0.1) is 0 Å². The monoisotopic (exact) mass is 270 g/mol. The number of nitrogens with zero attached hydrogens (tertiary/aromatic N) is 1. The Kier molecular flexibility index (Phi) is 5.24. The molecule has 106 valence electrons. The molecule has 0 spiro atoms. The topological polar surface area (TPSA) is 35.5 Å². The SMILES string of the molecule is OCCC[C@@H](c1ccc(F)c(F)c1)N1CCNCC1. The lowest BCUT2D eigenvalue weighted by Crippen LogP contribution is -2.45. The highest BCUT2D eigenvalue weighted by molar-refractivity contribution is 5.21. The van der Waals surface area contributed by atoms with Crippen LogP contribution >= 0.6 is 0 Å². The summed E-state index contributed by atoms with van der Waals surface area (Å²) >= 11 is 0. The van der Waals surface area contributed by atoms with Crippen LogP contribution in [0.25, 0.3) is 0 Å². The molecule has 1 atom stereocenters. The van der Waals surface area contributed by atoms with E-state index in [4.69, 9.17) is 5.11 Å². The van der Waals surface area contributed by atoms with E-state index in [2.05, 4.69) is 10.2 Å². The van der Waals surface area contributed by atoms with Gasteiger partial charge in [0, 0.05) is 38.8 Å². The summed E-state index contributed by atoms with van der Waals surface area (Å²) in [6, 6.07) is 4.14. The Bertz CT molecular complexity index is 408. The van der Waals surface area contributed by atoms with Crippen LogP contribution < -0.4 is 5.32 Å². The molecule has 1 aromatic rings. The second-order valence-electron chi connectivity index (χ2n) is 4.84. The largest absolute Gasteiger partial charge is 0.396 e. The summed E-state index contributed by atoms with van der Waals surface area (Å²) in [4.78, 5) is 2.26. The van der Waals surface area contributed by atoms with Crippen LogP contribution in [0.1, 0.15) is 24.4 Å². The summed E-state index contributed by atoms with van der Waals surface area (Å²) in [5.41, 5.74) is 0.786. The Balaban J connectivity index is 2.17. The van der Waals surface area contributed by atoms with Crippen molar-refractivity contribution in [3.8, 4) is 0 Å². The predicted octanol–water partition coefficient (Wildman–Crippen LogP) is 1.68. The molecule has 1 aliphatic heterocycles. The number of piperazine rings is 1. The van der Waals surface area contributed by atoms with Gasteiger partial charge in [-0.1, -0.05) is 6.07 Å². The van der Waals surface area contributed by atoms with Crippen LogP contribution in [0.15, 0.2) is 18.2 Å². The third kappa shape index (κ3) is 3.72. The zero-order valence-corrected chi connectivity index (χ0v) is 10.9. The van der Waals surface area contributed by atoms with Gasteiger partial charge in [0.2, 0.25) is 0 Å². The summed E-state index contributed by atoms with van der Waals surface area (Å²) in [7, 11) is 0. The standard InChI is InChI=1S/C14H20F2N2O/c15-12-4-3-11(10-13(12)16)14(2-1-9-19)18-7-5-17-6-8-18/h3-4,10,14,17,19H,1-2,5-9H2/t14-/m0/s1. The van der Waals surface area contributed by atoms with Gasteiger partial charge in [0.1, 0.15) is 0 Å². The summed E-state index contributed by atoms with van der Waals surface area (Å²) in [5, 5.41) is 12.3. The highest BCUT2D eigenvalue weighted by Gasteiger charge is 2.22. The zero-order valence-electron chi connectivity index (χ0n) is 10.9. The molecular weight excluding hydrogens is 250 g/mol. The first-order valence-electron chi connectivity index (χ1n) is 6.73. The lowest BCUT2D eigenvalue weighted by Gasteiger charge is -2.35. The van der Waals surface area contributed by atoms with E-state index in [1.54, 1.807) is 6.07 Å². The molecule has 1 heterocycles. The van der Waals surface area contributed by atoms with Gasteiger partial charge in [-0.25, -0.2) is 8.78 Å². The van der Waals surface area contributed by atoms with Crippen molar-refractivity contribution >= 4 is 0 Å². The third-order valence-corrected chi connectivity index (χ3v) is 3.56. The van der Waals surface area contributed by atoms with E-state index in [9.17, 15) is 8.78 Å². The van der Waals surface area contributed by atoms with Gasteiger partial charge in [0.25, 0.3) is 0 Å². The average molecular weight is 270 g/mol. The van der Waals surface area contributed by atoms with E-state index in [0.29, 0.717) is 6.42 Å². The normalized spacial score (nSPS) is 18.5. The smallest absolute Gasteiger partial charge is 0.159 e. The van der Waals surface area contributed by atoms with Crippen molar-refractivity contribution in [3.05, 3.63) is 35.4 Å². The van der Waals surface area contributed by atoms with Gasteiger partial charge >= 0.3 is 0 Å². The number of nitrogens with one attached hydrogen (secondary N) is 1. The molecule has 0 bridgehead atoms. The summed E-state index contributed by atoms with van der Waals surface area (Å²) < 4.78 is 26.4. The summed E-state index contributed by atoms with van der Waals surface area (Å²) in [6.45, 7) is 3.69. The van der Waals surface area contributed by atoms with Crippen molar-refractivity contribution in [1.29, 1.82) is 0 Å². The van der Waals surface area contributed by atoms with Crippen molar-refractivity contribution in [2.24, 2.45) is 0 Å². The van der Waals surface area contributed by atoms with Crippen LogP contribution in [-0.2, 0) is 0 Å².